The first-order valence-corrected chi connectivity index (χ1v) is 7.27. The highest BCUT2D eigenvalue weighted by atomic mass is 16.3. The minimum absolute atomic E-state index is 0.446. The maximum atomic E-state index is 10.3. The van der Waals surface area contributed by atoms with Gasteiger partial charge in [0, 0.05) is 25.0 Å². The van der Waals surface area contributed by atoms with E-state index in [9.17, 15) is 5.11 Å². The van der Waals surface area contributed by atoms with Crippen molar-refractivity contribution in [2.45, 2.75) is 52.2 Å². The molecule has 0 bridgehead atoms. The summed E-state index contributed by atoms with van der Waals surface area (Å²) >= 11 is 0. The molecular weight excluding hydrogens is 250 g/mol. The molecule has 0 spiro atoms. The molecule has 0 saturated heterocycles. The summed E-state index contributed by atoms with van der Waals surface area (Å²) in [6, 6.07) is 4.40. The molecule has 0 aromatic carbocycles. The number of hydrogen-bond acceptors (Lipinski definition) is 3. The first-order valence-electron chi connectivity index (χ1n) is 7.27. The maximum Gasteiger partial charge on any atom is 0.0861 e. The smallest absolute Gasteiger partial charge is 0.0861 e. The summed E-state index contributed by atoms with van der Waals surface area (Å²) in [5, 5.41) is 14.8. The van der Waals surface area contributed by atoms with Crippen molar-refractivity contribution >= 4 is 0 Å². The summed E-state index contributed by atoms with van der Waals surface area (Å²) in [5.74, 6) is 0. The van der Waals surface area contributed by atoms with Crippen molar-refractivity contribution in [3.8, 4) is 0 Å². The van der Waals surface area contributed by atoms with E-state index in [1.54, 1.807) is 12.4 Å². The number of pyridine rings is 1. The molecule has 0 aliphatic carbocycles. The molecule has 0 radical (unpaired) electrons. The Hall–Kier alpha value is -1.68. The third-order valence-electron chi connectivity index (χ3n) is 3.66. The average Bonchev–Trinajstić information content (AvgIpc) is 2.88. The number of aromatic nitrogens is 3. The van der Waals surface area contributed by atoms with E-state index in [1.807, 2.05) is 29.9 Å². The van der Waals surface area contributed by atoms with Gasteiger partial charge in [-0.2, -0.15) is 5.10 Å². The molecule has 2 rings (SSSR count). The van der Waals surface area contributed by atoms with Crippen LogP contribution in [0.15, 0.2) is 30.7 Å². The quantitative estimate of drug-likeness (QED) is 0.879. The van der Waals surface area contributed by atoms with Gasteiger partial charge in [0.2, 0.25) is 0 Å². The molecule has 2 aromatic heterocycles. The Bertz CT molecular complexity index is 546. The normalized spacial score (nSPS) is 12.8. The van der Waals surface area contributed by atoms with Gasteiger partial charge in [0.25, 0.3) is 0 Å². The third-order valence-corrected chi connectivity index (χ3v) is 3.66. The third kappa shape index (κ3) is 3.45. The standard InChI is InChI=1S/C16H23N3O/c1-4-15(5-2)19-7-6-14(18-19)9-16(20)13-8-12(3)10-17-11-13/h6-8,10-11,15-16,20H,4-5,9H2,1-3H3. The van der Waals surface area contributed by atoms with Gasteiger partial charge in [-0.3, -0.25) is 9.67 Å². The van der Waals surface area contributed by atoms with Gasteiger partial charge in [-0.15, -0.1) is 0 Å². The van der Waals surface area contributed by atoms with Crippen LogP contribution in [0.2, 0.25) is 0 Å². The molecule has 1 unspecified atom stereocenters. The largest absolute Gasteiger partial charge is 0.388 e. The van der Waals surface area contributed by atoms with E-state index < -0.39 is 6.10 Å². The van der Waals surface area contributed by atoms with Gasteiger partial charge in [0.05, 0.1) is 17.8 Å². The summed E-state index contributed by atoms with van der Waals surface area (Å²) in [6.07, 6.45) is 7.64. The van der Waals surface area contributed by atoms with Crippen LogP contribution in [0.1, 0.15) is 55.7 Å². The van der Waals surface area contributed by atoms with Crippen LogP contribution in [-0.2, 0) is 6.42 Å². The van der Waals surface area contributed by atoms with E-state index in [0.29, 0.717) is 12.5 Å². The minimum Gasteiger partial charge on any atom is -0.388 e. The Morgan fingerprint density at radius 2 is 2.00 bits per heavy atom. The molecule has 2 aromatic rings. The second-order valence-corrected chi connectivity index (χ2v) is 5.27. The molecule has 108 valence electrons. The fourth-order valence-electron chi connectivity index (χ4n) is 2.43. The van der Waals surface area contributed by atoms with E-state index in [1.165, 1.54) is 0 Å². The van der Waals surface area contributed by atoms with Crippen LogP contribution in [0.25, 0.3) is 0 Å². The Morgan fingerprint density at radius 3 is 2.65 bits per heavy atom. The van der Waals surface area contributed by atoms with E-state index in [4.69, 9.17) is 0 Å². The van der Waals surface area contributed by atoms with Crippen molar-refractivity contribution < 1.29 is 5.11 Å². The molecular formula is C16H23N3O. The first-order chi connectivity index (χ1) is 9.63. The molecule has 0 fully saturated rings. The highest BCUT2D eigenvalue weighted by molar-refractivity contribution is 5.20. The van der Waals surface area contributed by atoms with Gasteiger partial charge in [0.1, 0.15) is 0 Å². The van der Waals surface area contributed by atoms with Crippen LogP contribution < -0.4 is 0 Å². The van der Waals surface area contributed by atoms with Crippen molar-refractivity contribution in [3.05, 3.63) is 47.5 Å². The van der Waals surface area contributed by atoms with Crippen LogP contribution >= 0.6 is 0 Å². The van der Waals surface area contributed by atoms with Gasteiger partial charge in [-0.1, -0.05) is 19.9 Å². The second kappa shape index (κ2) is 6.66. The van der Waals surface area contributed by atoms with Crippen LogP contribution in [-0.4, -0.2) is 19.9 Å². The number of hydrogen-bond donors (Lipinski definition) is 1. The topological polar surface area (TPSA) is 50.9 Å². The van der Waals surface area contributed by atoms with Crippen molar-refractivity contribution in [3.63, 3.8) is 0 Å². The number of aryl methyl sites for hydroxylation is 1. The Kier molecular flexibility index (Phi) is 4.90. The van der Waals surface area contributed by atoms with E-state index >= 15 is 0 Å². The summed E-state index contributed by atoms with van der Waals surface area (Å²) in [4.78, 5) is 4.12. The van der Waals surface area contributed by atoms with Crippen LogP contribution in [0.5, 0.6) is 0 Å². The van der Waals surface area contributed by atoms with Gasteiger partial charge >= 0.3 is 0 Å². The lowest BCUT2D eigenvalue weighted by Gasteiger charge is -2.13. The number of nitrogens with zero attached hydrogens (tertiary/aromatic N) is 3. The lowest BCUT2D eigenvalue weighted by atomic mass is 10.1. The molecule has 0 saturated carbocycles. The lowest BCUT2D eigenvalue weighted by Crippen LogP contribution is -2.09. The number of rotatable bonds is 6. The van der Waals surface area contributed by atoms with Gasteiger partial charge < -0.3 is 5.11 Å². The molecule has 4 heteroatoms. The Balaban J connectivity index is 2.06. The lowest BCUT2D eigenvalue weighted by molar-refractivity contribution is 0.176. The predicted octanol–water partition coefficient (Wildman–Crippen LogP) is 3.22. The molecule has 20 heavy (non-hydrogen) atoms. The summed E-state index contributed by atoms with van der Waals surface area (Å²) in [5.41, 5.74) is 2.83. The zero-order valence-electron chi connectivity index (χ0n) is 12.5. The molecule has 0 aliphatic heterocycles. The Morgan fingerprint density at radius 1 is 1.25 bits per heavy atom. The average molecular weight is 273 g/mol. The zero-order valence-corrected chi connectivity index (χ0v) is 12.5. The molecule has 0 aliphatic rings. The zero-order chi connectivity index (χ0) is 14.5. The monoisotopic (exact) mass is 273 g/mol. The summed E-state index contributed by atoms with van der Waals surface area (Å²) in [7, 11) is 0. The number of aliphatic hydroxyl groups is 1. The first kappa shape index (κ1) is 14.7. The molecule has 4 nitrogen and oxygen atoms in total. The van der Waals surface area contributed by atoms with Crippen molar-refractivity contribution in [1.82, 2.24) is 14.8 Å². The van der Waals surface area contributed by atoms with Gasteiger partial charge in [-0.05, 0) is 37.0 Å². The second-order valence-electron chi connectivity index (χ2n) is 5.27. The fraction of sp³-hybridized carbons (Fsp3) is 0.500. The van der Waals surface area contributed by atoms with E-state index in [-0.39, 0.29) is 0 Å². The van der Waals surface area contributed by atoms with Crippen LogP contribution in [0.3, 0.4) is 0 Å². The highest BCUT2D eigenvalue weighted by Gasteiger charge is 2.13. The number of aliphatic hydroxyl groups excluding tert-OH is 1. The van der Waals surface area contributed by atoms with Crippen LogP contribution in [0, 0.1) is 6.92 Å². The molecule has 2 heterocycles. The predicted molar refractivity (Wildman–Crippen MR) is 79.5 cm³/mol. The van der Waals surface area contributed by atoms with Crippen molar-refractivity contribution in [1.29, 1.82) is 0 Å². The molecule has 0 amide bonds. The highest BCUT2D eigenvalue weighted by Crippen LogP contribution is 2.19. The van der Waals surface area contributed by atoms with E-state index in [2.05, 4.69) is 23.9 Å². The van der Waals surface area contributed by atoms with Crippen molar-refractivity contribution in [2.75, 3.05) is 0 Å². The van der Waals surface area contributed by atoms with E-state index in [0.717, 1.165) is 29.7 Å². The fourth-order valence-corrected chi connectivity index (χ4v) is 2.43. The van der Waals surface area contributed by atoms with Gasteiger partial charge in [0.15, 0.2) is 0 Å². The van der Waals surface area contributed by atoms with Crippen molar-refractivity contribution in [2.24, 2.45) is 0 Å². The molecule has 1 atom stereocenters. The maximum absolute atomic E-state index is 10.3. The van der Waals surface area contributed by atoms with Gasteiger partial charge in [-0.25, -0.2) is 0 Å². The SMILES string of the molecule is CCC(CC)n1ccc(CC(O)c2cncc(C)c2)n1. The minimum atomic E-state index is -0.549. The Labute approximate surface area is 120 Å². The van der Waals surface area contributed by atoms with Crippen LogP contribution in [0.4, 0.5) is 0 Å². The summed E-state index contributed by atoms with van der Waals surface area (Å²) in [6.45, 7) is 6.32. The molecule has 1 N–H and O–H groups in total. The summed E-state index contributed by atoms with van der Waals surface area (Å²) < 4.78 is 2.01.